The Hall–Kier alpha value is -1.00. The lowest BCUT2D eigenvalue weighted by Gasteiger charge is -2.09. The zero-order valence-electron chi connectivity index (χ0n) is 9.62. The molecular formula is C11H20N2O2. The van der Waals surface area contributed by atoms with Crippen LogP contribution >= 0.6 is 0 Å². The van der Waals surface area contributed by atoms with Crippen LogP contribution in [0, 0.1) is 0 Å². The van der Waals surface area contributed by atoms with E-state index in [4.69, 9.17) is 5.73 Å². The summed E-state index contributed by atoms with van der Waals surface area (Å²) in [6.45, 7) is 3.03. The Morgan fingerprint density at radius 3 is 2.13 bits per heavy atom. The van der Waals surface area contributed by atoms with Crippen molar-refractivity contribution in [3.05, 3.63) is 12.2 Å². The number of nitrogens with one attached hydrogen (secondary N) is 1. The van der Waals surface area contributed by atoms with E-state index in [0.717, 1.165) is 0 Å². The minimum absolute atomic E-state index is 0.0172. The molecule has 0 aromatic rings. The van der Waals surface area contributed by atoms with E-state index >= 15 is 0 Å². The van der Waals surface area contributed by atoms with Crippen LogP contribution in [0.3, 0.4) is 0 Å². The predicted octanol–water partition coefficient (Wildman–Crippen LogP) is 0.416. The maximum atomic E-state index is 11.0. The second-order valence-electron chi connectivity index (χ2n) is 3.61. The average Bonchev–Trinajstić information content (AvgIpc) is 2.16. The minimum atomic E-state index is -0.424. The van der Waals surface area contributed by atoms with Crippen molar-refractivity contribution in [2.75, 3.05) is 7.05 Å². The van der Waals surface area contributed by atoms with E-state index in [1.807, 2.05) is 12.2 Å². The standard InChI is InChI=1S/C11H20N2O2/c1-8(14)10(12)6-4-5-7-11(13-3)9(2)15/h4-5,10-11,13H,6-7,12H2,1-3H3/t10-,11-/m0/s1. The fourth-order valence-corrected chi connectivity index (χ4v) is 1.13. The second-order valence-corrected chi connectivity index (χ2v) is 3.61. The van der Waals surface area contributed by atoms with Crippen molar-refractivity contribution in [2.24, 2.45) is 5.73 Å². The summed E-state index contributed by atoms with van der Waals surface area (Å²) in [6, 6.07) is -0.568. The van der Waals surface area contributed by atoms with Crippen molar-refractivity contribution in [3.8, 4) is 0 Å². The zero-order chi connectivity index (χ0) is 11.8. The van der Waals surface area contributed by atoms with Gasteiger partial charge in [-0.1, -0.05) is 12.2 Å². The molecule has 0 saturated heterocycles. The summed E-state index contributed by atoms with van der Waals surface area (Å²) < 4.78 is 0. The lowest BCUT2D eigenvalue weighted by atomic mass is 10.1. The number of hydrogen-bond donors (Lipinski definition) is 2. The van der Waals surface area contributed by atoms with Gasteiger partial charge in [-0.25, -0.2) is 0 Å². The quantitative estimate of drug-likeness (QED) is 0.600. The van der Waals surface area contributed by atoms with Crippen molar-refractivity contribution in [1.29, 1.82) is 0 Å². The van der Waals surface area contributed by atoms with Crippen LogP contribution < -0.4 is 11.1 Å². The van der Waals surface area contributed by atoms with Gasteiger partial charge in [-0.15, -0.1) is 0 Å². The van der Waals surface area contributed by atoms with Gasteiger partial charge in [0.05, 0.1) is 12.1 Å². The van der Waals surface area contributed by atoms with Gasteiger partial charge < -0.3 is 11.1 Å². The van der Waals surface area contributed by atoms with Crippen LogP contribution in [0.15, 0.2) is 12.2 Å². The molecule has 0 aliphatic heterocycles. The van der Waals surface area contributed by atoms with Crippen LogP contribution in [-0.4, -0.2) is 30.7 Å². The number of ketones is 2. The van der Waals surface area contributed by atoms with Crippen LogP contribution in [-0.2, 0) is 9.59 Å². The molecule has 15 heavy (non-hydrogen) atoms. The molecule has 0 radical (unpaired) electrons. The fourth-order valence-electron chi connectivity index (χ4n) is 1.13. The van der Waals surface area contributed by atoms with Crippen LogP contribution in [0.4, 0.5) is 0 Å². The highest BCUT2D eigenvalue weighted by Crippen LogP contribution is 1.98. The maximum Gasteiger partial charge on any atom is 0.146 e. The number of Topliss-reactive ketones (excluding diaryl/α,β-unsaturated/α-hetero) is 2. The number of carbonyl (C=O) groups excluding carboxylic acids is 2. The Bertz CT molecular complexity index is 249. The van der Waals surface area contributed by atoms with E-state index in [2.05, 4.69) is 5.32 Å². The van der Waals surface area contributed by atoms with Gasteiger partial charge in [0.25, 0.3) is 0 Å². The monoisotopic (exact) mass is 212 g/mol. The molecule has 0 aliphatic rings. The summed E-state index contributed by atoms with van der Waals surface area (Å²) in [5.41, 5.74) is 5.54. The Morgan fingerprint density at radius 2 is 1.73 bits per heavy atom. The second kappa shape index (κ2) is 7.31. The lowest BCUT2D eigenvalue weighted by Crippen LogP contribution is -2.31. The third kappa shape index (κ3) is 6.14. The molecule has 0 fully saturated rings. The first-order chi connectivity index (χ1) is 6.99. The van der Waals surface area contributed by atoms with E-state index in [-0.39, 0.29) is 17.6 Å². The maximum absolute atomic E-state index is 11.0. The molecule has 0 aromatic carbocycles. The van der Waals surface area contributed by atoms with Gasteiger partial charge in [-0.3, -0.25) is 9.59 Å². The van der Waals surface area contributed by atoms with E-state index in [0.29, 0.717) is 12.8 Å². The Balaban J connectivity index is 3.88. The predicted molar refractivity (Wildman–Crippen MR) is 60.6 cm³/mol. The lowest BCUT2D eigenvalue weighted by molar-refractivity contribution is -0.119. The molecule has 0 spiro atoms. The summed E-state index contributed by atoms with van der Waals surface area (Å²) >= 11 is 0. The fraction of sp³-hybridized carbons (Fsp3) is 0.636. The smallest absolute Gasteiger partial charge is 0.146 e. The van der Waals surface area contributed by atoms with Crippen LogP contribution in [0.1, 0.15) is 26.7 Å². The van der Waals surface area contributed by atoms with Crippen molar-refractivity contribution >= 4 is 11.6 Å². The van der Waals surface area contributed by atoms with Crippen LogP contribution in [0.5, 0.6) is 0 Å². The normalized spacial score (nSPS) is 15.2. The molecule has 0 aromatic heterocycles. The molecule has 0 amide bonds. The molecule has 4 nitrogen and oxygen atoms in total. The SMILES string of the molecule is CN[C@@H](CC=CC[C@H](N)C(C)=O)C(C)=O. The Labute approximate surface area is 90.9 Å². The van der Waals surface area contributed by atoms with Gasteiger partial charge in [0.2, 0.25) is 0 Å². The molecule has 0 saturated carbocycles. The molecule has 0 rings (SSSR count). The summed E-state index contributed by atoms with van der Waals surface area (Å²) in [5, 5.41) is 2.91. The highest BCUT2D eigenvalue weighted by molar-refractivity contribution is 5.82. The summed E-state index contributed by atoms with van der Waals surface area (Å²) in [6.07, 6.45) is 4.89. The van der Waals surface area contributed by atoms with Crippen LogP contribution in [0.2, 0.25) is 0 Å². The highest BCUT2D eigenvalue weighted by atomic mass is 16.1. The average molecular weight is 212 g/mol. The topological polar surface area (TPSA) is 72.2 Å². The molecular weight excluding hydrogens is 192 g/mol. The van der Waals surface area contributed by atoms with Gasteiger partial charge in [-0.2, -0.15) is 0 Å². The van der Waals surface area contributed by atoms with E-state index in [9.17, 15) is 9.59 Å². The first-order valence-electron chi connectivity index (χ1n) is 5.07. The number of likely N-dealkylation sites (N-methyl/N-ethyl adjacent to an activating group) is 1. The number of hydrogen-bond acceptors (Lipinski definition) is 4. The molecule has 86 valence electrons. The number of nitrogens with two attached hydrogens (primary N) is 1. The summed E-state index contributed by atoms with van der Waals surface area (Å²) in [7, 11) is 1.75. The van der Waals surface area contributed by atoms with Crippen molar-refractivity contribution in [1.82, 2.24) is 5.32 Å². The largest absolute Gasteiger partial charge is 0.321 e. The Kier molecular flexibility index (Phi) is 6.83. The van der Waals surface area contributed by atoms with E-state index in [1.54, 1.807) is 14.0 Å². The number of rotatable bonds is 7. The first-order valence-corrected chi connectivity index (χ1v) is 5.07. The molecule has 0 heterocycles. The molecule has 0 bridgehead atoms. The van der Waals surface area contributed by atoms with Gasteiger partial charge in [0, 0.05) is 0 Å². The third-order valence-electron chi connectivity index (χ3n) is 2.29. The molecule has 2 atom stereocenters. The molecule has 4 heteroatoms. The molecule has 3 N–H and O–H groups in total. The minimum Gasteiger partial charge on any atom is -0.321 e. The highest BCUT2D eigenvalue weighted by Gasteiger charge is 2.09. The number of carbonyl (C=O) groups is 2. The zero-order valence-corrected chi connectivity index (χ0v) is 9.62. The Morgan fingerprint density at radius 1 is 1.20 bits per heavy atom. The summed E-state index contributed by atoms with van der Waals surface area (Å²) in [4.78, 5) is 21.8. The van der Waals surface area contributed by atoms with E-state index < -0.39 is 6.04 Å². The van der Waals surface area contributed by atoms with Gasteiger partial charge >= 0.3 is 0 Å². The van der Waals surface area contributed by atoms with Gasteiger partial charge in [-0.05, 0) is 33.7 Å². The van der Waals surface area contributed by atoms with Crippen molar-refractivity contribution < 1.29 is 9.59 Å². The van der Waals surface area contributed by atoms with Crippen molar-refractivity contribution in [2.45, 2.75) is 38.8 Å². The van der Waals surface area contributed by atoms with E-state index in [1.165, 1.54) is 6.92 Å². The first kappa shape index (κ1) is 14.0. The van der Waals surface area contributed by atoms with Gasteiger partial charge in [0.1, 0.15) is 11.6 Å². The molecule has 0 aliphatic carbocycles. The van der Waals surface area contributed by atoms with Gasteiger partial charge in [0.15, 0.2) is 0 Å². The molecule has 0 unspecified atom stereocenters. The summed E-state index contributed by atoms with van der Waals surface area (Å²) in [5.74, 6) is 0.0920. The third-order valence-corrected chi connectivity index (χ3v) is 2.29. The van der Waals surface area contributed by atoms with Crippen molar-refractivity contribution in [3.63, 3.8) is 0 Å². The van der Waals surface area contributed by atoms with Crippen LogP contribution in [0.25, 0.3) is 0 Å².